The molecule has 27 heavy (non-hydrogen) atoms. The zero-order chi connectivity index (χ0) is 19.1. The van der Waals surface area contributed by atoms with Gasteiger partial charge < -0.3 is 14.9 Å². The number of fused-ring (bicyclic) bond motifs is 1. The Morgan fingerprint density at radius 3 is 2.59 bits per heavy atom. The van der Waals surface area contributed by atoms with Crippen molar-refractivity contribution in [1.29, 1.82) is 0 Å². The Balaban J connectivity index is 1.80. The van der Waals surface area contributed by atoms with Gasteiger partial charge >= 0.3 is 0 Å². The number of nitrogens with zero attached hydrogens (tertiary/aromatic N) is 2. The number of imidazole rings is 1. The van der Waals surface area contributed by atoms with Gasteiger partial charge in [-0.15, -0.1) is 0 Å². The van der Waals surface area contributed by atoms with Gasteiger partial charge in [0.25, 0.3) is 5.56 Å². The molecule has 136 valence electrons. The molecule has 6 nitrogen and oxygen atoms in total. The molecule has 0 aliphatic heterocycles. The van der Waals surface area contributed by atoms with Crippen molar-refractivity contribution >= 4 is 22.4 Å². The van der Waals surface area contributed by atoms with Crippen LogP contribution in [-0.4, -0.2) is 26.7 Å². The second-order valence-electron chi connectivity index (χ2n) is 6.15. The summed E-state index contributed by atoms with van der Waals surface area (Å²) in [4.78, 5) is 17.8. The number of phenolic OH excluding ortho intramolecular Hbond substituents is 2. The summed E-state index contributed by atoms with van der Waals surface area (Å²) in [5.74, 6) is -0.506. The normalized spacial score (nSPS) is 12.0. The highest BCUT2D eigenvalue weighted by molar-refractivity contribution is 7.15. The fourth-order valence-corrected chi connectivity index (χ4v) is 3.76. The SMILES string of the molecule is COc1cc(/C=c2\sc3nc(-c4ccc(C)cc4)cn3c2=O)cc(O)c1O. The average molecular weight is 380 g/mol. The van der Waals surface area contributed by atoms with Crippen LogP contribution in [0, 0.1) is 6.92 Å². The monoisotopic (exact) mass is 380 g/mol. The van der Waals surface area contributed by atoms with E-state index in [0.717, 1.165) is 16.8 Å². The molecule has 0 atom stereocenters. The van der Waals surface area contributed by atoms with Crippen LogP contribution in [0.25, 0.3) is 22.3 Å². The van der Waals surface area contributed by atoms with Gasteiger partial charge in [-0.2, -0.15) is 0 Å². The number of thiazole rings is 1. The van der Waals surface area contributed by atoms with Crippen molar-refractivity contribution in [3.05, 3.63) is 68.6 Å². The number of aromatic hydroxyl groups is 2. The number of ether oxygens (including phenoxy) is 1. The molecule has 4 rings (SSSR count). The van der Waals surface area contributed by atoms with Crippen LogP contribution in [0.1, 0.15) is 11.1 Å². The Morgan fingerprint density at radius 2 is 1.93 bits per heavy atom. The minimum absolute atomic E-state index is 0.136. The molecule has 0 fully saturated rings. The third kappa shape index (κ3) is 3.02. The second-order valence-corrected chi connectivity index (χ2v) is 7.16. The molecule has 0 aliphatic rings. The maximum absolute atomic E-state index is 12.7. The van der Waals surface area contributed by atoms with Crippen LogP contribution in [-0.2, 0) is 0 Å². The molecule has 0 saturated heterocycles. The molecule has 2 aromatic carbocycles. The summed E-state index contributed by atoms with van der Waals surface area (Å²) in [5.41, 5.74) is 3.21. The Labute approximate surface area is 158 Å². The first-order valence-electron chi connectivity index (χ1n) is 8.17. The molecule has 2 aromatic heterocycles. The third-order valence-electron chi connectivity index (χ3n) is 4.25. The summed E-state index contributed by atoms with van der Waals surface area (Å²) >= 11 is 1.26. The van der Waals surface area contributed by atoms with Gasteiger partial charge in [0.15, 0.2) is 16.5 Å². The fraction of sp³-hybridized carbons (Fsp3) is 0.100. The van der Waals surface area contributed by atoms with Crippen LogP contribution in [0.2, 0.25) is 0 Å². The smallest absolute Gasteiger partial charge is 0.274 e. The highest BCUT2D eigenvalue weighted by atomic mass is 32.1. The van der Waals surface area contributed by atoms with Crippen LogP contribution >= 0.6 is 11.3 Å². The highest BCUT2D eigenvalue weighted by Crippen LogP contribution is 2.36. The molecule has 2 heterocycles. The number of aromatic nitrogens is 2. The minimum Gasteiger partial charge on any atom is -0.504 e. The van der Waals surface area contributed by atoms with E-state index in [-0.39, 0.29) is 22.8 Å². The number of methoxy groups -OCH3 is 1. The van der Waals surface area contributed by atoms with E-state index >= 15 is 0 Å². The zero-order valence-electron chi connectivity index (χ0n) is 14.6. The number of benzene rings is 2. The van der Waals surface area contributed by atoms with Crippen molar-refractivity contribution in [3.8, 4) is 28.5 Å². The van der Waals surface area contributed by atoms with Crippen molar-refractivity contribution in [3.63, 3.8) is 0 Å². The van der Waals surface area contributed by atoms with E-state index in [1.54, 1.807) is 18.3 Å². The molecule has 4 aromatic rings. The Kier molecular flexibility index (Phi) is 4.08. The van der Waals surface area contributed by atoms with E-state index in [0.29, 0.717) is 15.1 Å². The summed E-state index contributed by atoms with van der Waals surface area (Å²) in [6.07, 6.45) is 3.36. The molecule has 0 amide bonds. The van der Waals surface area contributed by atoms with Crippen LogP contribution in [0.4, 0.5) is 0 Å². The zero-order valence-corrected chi connectivity index (χ0v) is 15.4. The predicted molar refractivity (Wildman–Crippen MR) is 105 cm³/mol. The number of aryl methyl sites for hydroxylation is 1. The molecular formula is C20H16N2O4S. The molecule has 0 aliphatic carbocycles. The quantitative estimate of drug-likeness (QED) is 0.534. The summed E-state index contributed by atoms with van der Waals surface area (Å²) in [7, 11) is 1.39. The molecule has 0 unspecified atom stereocenters. The number of rotatable bonds is 3. The lowest BCUT2D eigenvalue weighted by molar-refractivity contribution is 0.351. The summed E-state index contributed by atoms with van der Waals surface area (Å²) in [6.45, 7) is 2.02. The van der Waals surface area contributed by atoms with Gasteiger partial charge in [-0.05, 0) is 30.7 Å². The van der Waals surface area contributed by atoms with Crippen LogP contribution < -0.4 is 14.8 Å². The van der Waals surface area contributed by atoms with E-state index in [2.05, 4.69) is 4.98 Å². The standard InChI is InChI=1S/C20H16N2O4S/c1-11-3-5-13(6-4-11)14-10-22-19(25)17(27-20(22)21-14)9-12-7-15(23)18(24)16(8-12)26-2/h3-10,23-24H,1-2H3/b17-9-. The van der Waals surface area contributed by atoms with E-state index in [1.807, 2.05) is 31.2 Å². The van der Waals surface area contributed by atoms with Crippen molar-refractivity contribution in [2.45, 2.75) is 6.92 Å². The van der Waals surface area contributed by atoms with Gasteiger partial charge in [-0.1, -0.05) is 41.2 Å². The van der Waals surface area contributed by atoms with Gasteiger partial charge in [-0.25, -0.2) is 4.98 Å². The van der Waals surface area contributed by atoms with Crippen molar-refractivity contribution in [1.82, 2.24) is 9.38 Å². The van der Waals surface area contributed by atoms with Gasteiger partial charge in [-0.3, -0.25) is 9.20 Å². The second kappa shape index (κ2) is 6.44. The Hall–Kier alpha value is -3.32. The summed E-state index contributed by atoms with van der Waals surface area (Å²) < 4.78 is 7.02. The lowest BCUT2D eigenvalue weighted by Gasteiger charge is -2.05. The molecule has 2 N–H and O–H groups in total. The highest BCUT2D eigenvalue weighted by Gasteiger charge is 2.12. The molecule has 0 spiro atoms. The van der Waals surface area contributed by atoms with Crippen molar-refractivity contribution in [2.24, 2.45) is 0 Å². The first kappa shape index (κ1) is 17.1. The van der Waals surface area contributed by atoms with Gasteiger partial charge in [0.2, 0.25) is 5.75 Å². The lowest BCUT2D eigenvalue weighted by atomic mass is 10.1. The molecule has 0 saturated carbocycles. The van der Waals surface area contributed by atoms with E-state index in [4.69, 9.17) is 4.74 Å². The van der Waals surface area contributed by atoms with Crippen molar-refractivity contribution in [2.75, 3.05) is 7.11 Å². The molecule has 0 bridgehead atoms. The predicted octanol–water partition coefficient (Wildman–Crippen LogP) is 2.70. The Morgan fingerprint density at radius 1 is 1.19 bits per heavy atom. The molecular weight excluding hydrogens is 364 g/mol. The first-order valence-corrected chi connectivity index (χ1v) is 8.98. The third-order valence-corrected chi connectivity index (χ3v) is 5.23. The molecule has 7 heteroatoms. The largest absolute Gasteiger partial charge is 0.504 e. The van der Waals surface area contributed by atoms with Crippen molar-refractivity contribution < 1.29 is 14.9 Å². The summed E-state index contributed by atoms with van der Waals surface area (Å²) in [5, 5.41) is 19.5. The maximum Gasteiger partial charge on any atom is 0.274 e. The van der Waals surface area contributed by atoms with E-state index in [9.17, 15) is 15.0 Å². The van der Waals surface area contributed by atoms with Crippen LogP contribution in [0.15, 0.2) is 47.4 Å². The minimum atomic E-state index is -0.333. The van der Waals surface area contributed by atoms with Crippen LogP contribution in [0.5, 0.6) is 17.2 Å². The van der Waals surface area contributed by atoms with Crippen LogP contribution in [0.3, 0.4) is 0 Å². The maximum atomic E-state index is 12.7. The fourth-order valence-electron chi connectivity index (χ4n) is 2.80. The Bertz CT molecular complexity index is 1260. The molecule has 0 radical (unpaired) electrons. The number of hydrogen-bond acceptors (Lipinski definition) is 6. The van der Waals surface area contributed by atoms with E-state index in [1.165, 1.54) is 28.9 Å². The topological polar surface area (TPSA) is 84.1 Å². The number of phenols is 2. The first-order chi connectivity index (χ1) is 13.0. The van der Waals surface area contributed by atoms with Gasteiger partial charge in [0.1, 0.15) is 0 Å². The summed E-state index contributed by atoms with van der Waals surface area (Å²) in [6, 6.07) is 10.9. The number of hydrogen-bond donors (Lipinski definition) is 2. The lowest BCUT2D eigenvalue weighted by Crippen LogP contribution is -2.22. The van der Waals surface area contributed by atoms with E-state index < -0.39 is 0 Å². The van der Waals surface area contributed by atoms with Gasteiger partial charge in [0, 0.05) is 11.8 Å². The average Bonchev–Trinajstić information content (AvgIpc) is 3.18. The van der Waals surface area contributed by atoms with Gasteiger partial charge in [0.05, 0.1) is 17.3 Å².